The Hall–Kier alpha value is -1.97. The Morgan fingerprint density at radius 2 is 1.74 bits per heavy atom. The first-order valence-corrected chi connectivity index (χ1v) is 8.03. The lowest BCUT2D eigenvalue weighted by Crippen LogP contribution is -2.21. The molecule has 0 bridgehead atoms. The summed E-state index contributed by atoms with van der Waals surface area (Å²) < 4.78 is 5.56. The first-order chi connectivity index (χ1) is 11.1. The van der Waals surface area contributed by atoms with Crippen molar-refractivity contribution in [2.75, 3.05) is 11.5 Å². The summed E-state index contributed by atoms with van der Waals surface area (Å²) in [7, 11) is 0. The number of halogens is 2. The van der Waals surface area contributed by atoms with E-state index < -0.39 is 0 Å². The Morgan fingerprint density at radius 3 is 2.39 bits per heavy atom. The van der Waals surface area contributed by atoms with Crippen LogP contribution in [0.1, 0.15) is 19.4 Å². The van der Waals surface area contributed by atoms with Gasteiger partial charge in [0.1, 0.15) is 5.76 Å². The molecule has 1 heterocycles. The largest absolute Gasteiger partial charge is 0.498 e. The number of allylic oxidation sites excluding steroid dienone is 1. The van der Waals surface area contributed by atoms with Crippen LogP contribution in [0.3, 0.4) is 0 Å². The van der Waals surface area contributed by atoms with Gasteiger partial charge in [0.2, 0.25) is 0 Å². The molecular formula is C18H15Cl2NO2. The minimum absolute atomic E-state index is 0.188. The van der Waals surface area contributed by atoms with Crippen LogP contribution < -0.4 is 4.90 Å². The number of carbonyl (C=O) groups is 1. The number of ether oxygens (including phenoxy) is 1. The summed E-state index contributed by atoms with van der Waals surface area (Å²) in [5, 5.41) is 0.854. The van der Waals surface area contributed by atoms with Gasteiger partial charge in [-0.1, -0.05) is 47.5 Å². The van der Waals surface area contributed by atoms with Crippen molar-refractivity contribution in [3.63, 3.8) is 0 Å². The molecule has 0 fully saturated rings. The molecule has 3 rings (SSSR count). The number of anilines is 2. The zero-order valence-electron chi connectivity index (χ0n) is 12.8. The highest BCUT2D eigenvalue weighted by molar-refractivity contribution is 6.44. The second-order valence-corrected chi connectivity index (χ2v) is 5.91. The summed E-state index contributed by atoms with van der Waals surface area (Å²) in [4.78, 5) is 14.6. The summed E-state index contributed by atoms with van der Waals surface area (Å²) in [6.45, 7) is 4.18. The third kappa shape index (κ3) is 2.60. The number of amides is 1. The lowest BCUT2D eigenvalue weighted by molar-refractivity contribution is -0.112. The van der Waals surface area contributed by atoms with Gasteiger partial charge in [-0.15, -0.1) is 0 Å². The molecule has 23 heavy (non-hydrogen) atoms. The van der Waals surface area contributed by atoms with E-state index in [0.717, 1.165) is 11.3 Å². The molecule has 0 radical (unpaired) electrons. The van der Waals surface area contributed by atoms with Gasteiger partial charge >= 0.3 is 0 Å². The number of fused-ring (bicyclic) bond motifs is 1. The zero-order valence-corrected chi connectivity index (χ0v) is 14.3. The van der Waals surface area contributed by atoms with Crippen molar-refractivity contribution in [3.05, 3.63) is 63.8 Å². The SMILES string of the molecule is CCO/C(C)=C1/C(=O)N(c2c(Cl)cccc2Cl)c2ccccc21. The van der Waals surface area contributed by atoms with Crippen molar-refractivity contribution < 1.29 is 9.53 Å². The van der Waals surface area contributed by atoms with E-state index in [4.69, 9.17) is 27.9 Å². The van der Waals surface area contributed by atoms with Crippen molar-refractivity contribution in [1.82, 2.24) is 0 Å². The normalized spacial score (nSPS) is 15.7. The van der Waals surface area contributed by atoms with Crippen LogP contribution in [0.5, 0.6) is 0 Å². The third-order valence-electron chi connectivity index (χ3n) is 3.71. The van der Waals surface area contributed by atoms with E-state index in [1.54, 1.807) is 30.0 Å². The first-order valence-electron chi connectivity index (χ1n) is 7.27. The molecule has 5 heteroatoms. The Kier molecular flexibility index (Phi) is 4.33. The lowest BCUT2D eigenvalue weighted by Gasteiger charge is -2.20. The van der Waals surface area contributed by atoms with Crippen LogP contribution in [0.2, 0.25) is 10.0 Å². The monoisotopic (exact) mass is 347 g/mol. The Balaban J connectivity index is 2.25. The quantitative estimate of drug-likeness (QED) is 0.546. The number of rotatable bonds is 3. The summed E-state index contributed by atoms with van der Waals surface area (Å²) in [5.74, 6) is 0.405. The van der Waals surface area contributed by atoms with Gasteiger partial charge < -0.3 is 4.74 Å². The maximum Gasteiger partial charge on any atom is 0.267 e. The Morgan fingerprint density at radius 1 is 1.09 bits per heavy atom. The third-order valence-corrected chi connectivity index (χ3v) is 4.32. The molecule has 0 saturated carbocycles. The summed E-state index contributed by atoms with van der Waals surface area (Å²) in [5.41, 5.74) is 2.60. The maximum atomic E-state index is 13.1. The fraction of sp³-hybridized carbons (Fsp3) is 0.167. The van der Waals surface area contributed by atoms with Gasteiger partial charge in [-0.2, -0.15) is 0 Å². The smallest absolute Gasteiger partial charge is 0.267 e. The van der Waals surface area contributed by atoms with Crippen molar-refractivity contribution >= 4 is 46.1 Å². The van der Waals surface area contributed by atoms with Gasteiger partial charge in [0.05, 0.1) is 33.6 Å². The molecule has 1 aliphatic heterocycles. The molecule has 0 spiro atoms. The van der Waals surface area contributed by atoms with E-state index >= 15 is 0 Å². The minimum Gasteiger partial charge on any atom is -0.498 e. The molecule has 0 saturated heterocycles. The van der Waals surface area contributed by atoms with Crippen molar-refractivity contribution in [3.8, 4) is 0 Å². The fourth-order valence-electron chi connectivity index (χ4n) is 2.77. The van der Waals surface area contributed by atoms with Crippen LogP contribution in [0, 0.1) is 0 Å². The van der Waals surface area contributed by atoms with Crippen LogP contribution >= 0.6 is 23.2 Å². The van der Waals surface area contributed by atoms with Crippen LogP contribution in [0.25, 0.3) is 5.57 Å². The lowest BCUT2D eigenvalue weighted by atomic mass is 10.1. The molecule has 2 aromatic rings. The number of benzene rings is 2. The minimum atomic E-state index is -0.188. The Labute approximate surface area is 145 Å². The van der Waals surface area contributed by atoms with Crippen LogP contribution in [0.15, 0.2) is 48.2 Å². The molecule has 0 aliphatic carbocycles. The van der Waals surface area contributed by atoms with Crippen LogP contribution in [-0.4, -0.2) is 12.5 Å². The van der Waals surface area contributed by atoms with Gasteiger partial charge in [0.15, 0.2) is 0 Å². The van der Waals surface area contributed by atoms with Crippen molar-refractivity contribution in [2.24, 2.45) is 0 Å². The number of para-hydroxylation sites is 2. The highest BCUT2D eigenvalue weighted by atomic mass is 35.5. The van der Waals surface area contributed by atoms with Crippen LogP contribution in [-0.2, 0) is 9.53 Å². The number of hydrogen-bond donors (Lipinski definition) is 0. The van der Waals surface area contributed by atoms with E-state index in [-0.39, 0.29) is 5.91 Å². The average molecular weight is 348 g/mol. The van der Waals surface area contributed by atoms with E-state index in [1.165, 1.54) is 0 Å². The average Bonchev–Trinajstić information content (AvgIpc) is 2.80. The number of hydrogen-bond acceptors (Lipinski definition) is 2. The van der Waals surface area contributed by atoms with Gasteiger partial charge in [-0.25, -0.2) is 0 Å². The van der Waals surface area contributed by atoms with E-state index in [9.17, 15) is 4.79 Å². The topological polar surface area (TPSA) is 29.5 Å². The van der Waals surface area contributed by atoms with Crippen LogP contribution in [0.4, 0.5) is 11.4 Å². The molecule has 1 aliphatic rings. The van der Waals surface area contributed by atoms with E-state index in [2.05, 4.69) is 0 Å². The molecule has 0 unspecified atom stereocenters. The molecule has 1 amide bonds. The first kappa shape index (κ1) is 15.9. The molecule has 118 valence electrons. The molecule has 0 atom stereocenters. The van der Waals surface area contributed by atoms with E-state index in [0.29, 0.717) is 33.7 Å². The van der Waals surface area contributed by atoms with Gasteiger partial charge in [-0.05, 0) is 32.0 Å². The van der Waals surface area contributed by atoms with Gasteiger partial charge in [0, 0.05) is 5.56 Å². The highest BCUT2D eigenvalue weighted by Gasteiger charge is 2.37. The zero-order chi connectivity index (χ0) is 16.6. The second kappa shape index (κ2) is 6.26. The molecule has 2 aromatic carbocycles. The fourth-order valence-corrected chi connectivity index (χ4v) is 3.34. The number of nitrogens with zero attached hydrogens (tertiary/aromatic N) is 1. The predicted molar refractivity (Wildman–Crippen MR) is 94.3 cm³/mol. The summed E-state index contributed by atoms with van der Waals surface area (Å²) in [6, 6.07) is 12.7. The number of carbonyl (C=O) groups excluding carboxylic acids is 1. The Bertz CT molecular complexity index is 794. The maximum absolute atomic E-state index is 13.1. The summed E-state index contributed by atoms with van der Waals surface area (Å²) >= 11 is 12.6. The molecular weight excluding hydrogens is 333 g/mol. The van der Waals surface area contributed by atoms with E-state index in [1.807, 2.05) is 31.2 Å². The van der Waals surface area contributed by atoms with Crippen molar-refractivity contribution in [1.29, 1.82) is 0 Å². The highest BCUT2D eigenvalue weighted by Crippen LogP contribution is 2.47. The van der Waals surface area contributed by atoms with Gasteiger partial charge in [-0.3, -0.25) is 9.69 Å². The summed E-state index contributed by atoms with van der Waals surface area (Å²) in [6.07, 6.45) is 0. The second-order valence-electron chi connectivity index (χ2n) is 5.09. The molecule has 0 N–H and O–H groups in total. The molecule has 0 aromatic heterocycles. The van der Waals surface area contributed by atoms with Crippen molar-refractivity contribution in [2.45, 2.75) is 13.8 Å². The predicted octanol–water partition coefficient (Wildman–Crippen LogP) is 5.44. The van der Waals surface area contributed by atoms with Gasteiger partial charge in [0.25, 0.3) is 5.91 Å². The molecule has 3 nitrogen and oxygen atoms in total. The standard InChI is InChI=1S/C18H15Cl2NO2/c1-3-23-11(2)16-12-7-4-5-10-15(12)21(18(16)22)17-13(19)8-6-9-14(17)20/h4-10H,3H2,1-2H3/b16-11+.